The minimum Gasteiger partial charge on any atom is -0.373 e. The summed E-state index contributed by atoms with van der Waals surface area (Å²) in [5, 5.41) is 5.63. The first-order valence-corrected chi connectivity index (χ1v) is 13.2. The molecule has 1 aliphatic rings. The predicted molar refractivity (Wildman–Crippen MR) is 139 cm³/mol. The second-order valence-electron chi connectivity index (χ2n) is 8.57. The second-order valence-corrected chi connectivity index (χ2v) is 10.9. The molecule has 2 atom stereocenters. The minimum absolute atomic E-state index is 0.0164. The number of ether oxygens (including phenoxy) is 1. The van der Waals surface area contributed by atoms with Gasteiger partial charge < -0.3 is 15.4 Å². The van der Waals surface area contributed by atoms with Crippen molar-refractivity contribution in [3.63, 3.8) is 0 Å². The number of sulfonamides is 1. The average Bonchev–Trinajstić information content (AvgIpc) is 2.85. The molecule has 4 rings (SSSR count). The van der Waals surface area contributed by atoms with Crippen LogP contribution in [0.3, 0.4) is 0 Å². The number of nitrogens with one attached hydrogen (secondary N) is 2. The maximum atomic E-state index is 13.2. The van der Waals surface area contributed by atoms with Crippen LogP contribution in [0.15, 0.2) is 77.7 Å². The number of anilines is 2. The topological polar surface area (TPSA) is 105 Å². The van der Waals surface area contributed by atoms with E-state index in [1.54, 1.807) is 48.5 Å². The van der Waals surface area contributed by atoms with E-state index in [9.17, 15) is 18.0 Å². The van der Waals surface area contributed by atoms with Crippen molar-refractivity contribution in [2.75, 3.05) is 23.7 Å². The summed E-state index contributed by atoms with van der Waals surface area (Å²) in [6, 6.07) is 19.4. The molecule has 2 unspecified atom stereocenters. The van der Waals surface area contributed by atoms with Crippen LogP contribution in [-0.2, 0) is 14.8 Å². The van der Waals surface area contributed by atoms with Gasteiger partial charge in [0.2, 0.25) is 10.0 Å². The van der Waals surface area contributed by atoms with Gasteiger partial charge in [-0.2, -0.15) is 4.31 Å². The lowest BCUT2D eigenvalue weighted by atomic mass is 10.2. The lowest BCUT2D eigenvalue weighted by Crippen LogP contribution is -2.48. The van der Waals surface area contributed by atoms with Gasteiger partial charge in [0, 0.05) is 30.0 Å². The highest BCUT2D eigenvalue weighted by Crippen LogP contribution is 2.26. The van der Waals surface area contributed by atoms with Crippen LogP contribution in [0, 0.1) is 0 Å². The summed E-state index contributed by atoms with van der Waals surface area (Å²) in [4.78, 5) is 25.2. The van der Waals surface area contributed by atoms with Crippen LogP contribution in [0.1, 0.15) is 34.6 Å². The Morgan fingerprint density at radius 1 is 0.861 bits per heavy atom. The van der Waals surface area contributed by atoms with Gasteiger partial charge in [0.25, 0.3) is 11.8 Å². The summed E-state index contributed by atoms with van der Waals surface area (Å²) >= 11 is 6.24. The van der Waals surface area contributed by atoms with Gasteiger partial charge in [0.05, 0.1) is 27.7 Å². The molecule has 1 saturated heterocycles. The van der Waals surface area contributed by atoms with Crippen molar-refractivity contribution >= 4 is 44.8 Å². The summed E-state index contributed by atoms with van der Waals surface area (Å²) < 4.78 is 33.4. The van der Waals surface area contributed by atoms with Gasteiger partial charge in [0.1, 0.15) is 0 Å². The van der Waals surface area contributed by atoms with E-state index < -0.39 is 15.9 Å². The van der Waals surface area contributed by atoms with Crippen molar-refractivity contribution < 1.29 is 22.7 Å². The van der Waals surface area contributed by atoms with E-state index in [4.69, 9.17) is 16.3 Å². The number of rotatable bonds is 6. The Balaban J connectivity index is 1.47. The molecule has 0 spiro atoms. The van der Waals surface area contributed by atoms with Crippen molar-refractivity contribution in [1.29, 1.82) is 0 Å². The molecule has 3 aromatic rings. The fourth-order valence-corrected chi connectivity index (χ4v) is 5.76. The molecule has 1 heterocycles. The van der Waals surface area contributed by atoms with E-state index in [-0.39, 0.29) is 46.7 Å². The van der Waals surface area contributed by atoms with Crippen LogP contribution < -0.4 is 10.6 Å². The average molecular weight is 528 g/mol. The van der Waals surface area contributed by atoms with Crippen molar-refractivity contribution in [3.05, 3.63) is 88.9 Å². The fraction of sp³-hybridized carbons (Fsp3) is 0.231. The molecule has 0 aliphatic carbocycles. The Morgan fingerprint density at radius 3 is 2.00 bits per heavy atom. The summed E-state index contributed by atoms with van der Waals surface area (Å²) in [6.07, 6.45) is -0.474. The summed E-state index contributed by atoms with van der Waals surface area (Å²) in [5.41, 5.74) is 1.58. The number of amides is 2. The normalized spacial score (nSPS) is 18.4. The molecule has 1 aliphatic heterocycles. The van der Waals surface area contributed by atoms with Gasteiger partial charge in [-0.1, -0.05) is 29.8 Å². The molecular weight excluding hydrogens is 502 g/mol. The number of halogens is 1. The number of nitrogens with zero attached hydrogens (tertiary/aromatic N) is 1. The summed E-state index contributed by atoms with van der Waals surface area (Å²) in [7, 11) is -3.84. The lowest BCUT2D eigenvalue weighted by Gasteiger charge is -2.34. The van der Waals surface area contributed by atoms with Crippen molar-refractivity contribution in [3.8, 4) is 0 Å². The molecule has 3 aromatic carbocycles. The Hall–Kier alpha value is -3.24. The molecule has 0 radical (unpaired) electrons. The van der Waals surface area contributed by atoms with Gasteiger partial charge in [-0.05, 0) is 68.4 Å². The van der Waals surface area contributed by atoms with Crippen molar-refractivity contribution in [1.82, 2.24) is 4.31 Å². The van der Waals surface area contributed by atoms with Crippen LogP contribution in [0.4, 0.5) is 11.4 Å². The highest BCUT2D eigenvalue weighted by molar-refractivity contribution is 7.89. The van der Waals surface area contributed by atoms with E-state index in [1.807, 2.05) is 19.9 Å². The fourth-order valence-electron chi connectivity index (χ4n) is 3.94. The molecule has 0 aromatic heterocycles. The van der Waals surface area contributed by atoms with Crippen LogP contribution in [0.25, 0.3) is 0 Å². The molecule has 8 nitrogen and oxygen atoms in total. The first kappa shape index (κ1) is 25.8. The predicted octanol–water partition coefficient (Wildman–Crippen LogP) is 4.64. The molecule has 36 heavy (non-hydrogen) atoms. The van der Waals surface area contributed by atoms with Gasteiger partial charge in [-0.15, -0.1) is 0 Å². The van der Waals surface area contributed by atoms with E-state index in [0.717, 1.165) is 0 Å². The zero-order valence-corrected chi connectivity index (χ0v) is 21.3. The Kier molecular flexibility index (Phi) is 7.75. The first-order valence-electron chi connectivity index (χ1n) is 11.4. The number of hydrogen-bond donors (Lipinski definition) is 2. The summed E-state index contributed by atoms with van der Waals surface area (Å²) in [5.74, 6) is -0.803. The number of hydrogen-bond acceptors (Lipinski definition) is 5. The van der Waals surface area contributed by atoms with E-state index >= 15 is 0 Å². The molecule has 2 N–H and O–H groups in total. The highest BCUT2D eigenvalue weighted by atomic mass is 35.5. The van der Waals surface area contributed by atoms with Gasteiger partial charge in [-0.3, -0.25) is 9.59 Å². The van der Waals surface area contributed by atoms with Gasteiger partial charge >= 0.3 is 0 Å². The number of benzene rings is 3. The van der Waals surface area contributed by atoms with Crippen LogP contribution in [0.2, 0.25) is 5.02 Å². The Bertz CT molecular complexity index is 1350. The van der Waals surface area contributed by atoms with E-state index in [1.165, 1.54) is 22.5 Å². The first-order chi connectivity index (χ1) is 17.1. The smallest absolute Gasteiger partial charge is 0.257 e. The highest BCUT2D eigenvalue weighted by Gasteiger charge is 2.32. The molecule has 10 heteroatoms. The largest absolute Gasteiger partial charge is 0.373 e. The monoisotopic (exact) mass is 527 g/mol. The summed E-state index contributed by atoms with van der Waals surface area (Å²) in [6.45, 7) is 4.09. The van der Waals surface area contributed by atoms with Crippen molar-refractivity contribution in [2.45, 2.75) is 31.0 Å². The third-order valence-corrected chi connectivity index (χ3v) is 7.80. The molecule has 0 bridgehead atoms. The van der Waals surface area contributed by atoms with Crippen LogP contribution in [0.5, 0.6) is 0 Å². The van der Waals surface area contributed by atoms with Gasteiger partial charge in [-0.25, -0.2) is 8.42 Å². The maximum absolute atomic E-state index is 13.2. The van der Waals surface area contributed by atoms with Crippen molar-refractivity contribution in [2.24, 2.45) is 0 Å². The molecule has 2 amide bonds. The second kappa shape index (κ2) is 10.8. The number of carbonyl (C=O) groups is 2. The molecule has 0 saturated carbocycles. The zero-order valence-electron chi connectivity index (χ0n) is 19.8. The molecular formula is C26H26ClN3O5S. The Labute approximate surface area is 215 Å². The van der Waals surface area contributed by atoms with E-state index in [2.05, 4.69) is 10.6 Å². The quantitative estimate of drug-likeness (QED) is 0.486. The lowest BCUT2D eigenvalue weighted by molar-refractivity contribution is -0.0440. The molecule has 188 valence electrons. The third-order valence-electron chi connectivity index (χ3n) is 5.64. The van der Waals surface area contributed by atoms with Gasteiger partial charge in [0.15, 0.2) is 0 Å². The number of morpholine rings is 1. The standard InChI is InChI=1S/C26H26ClN3O5S/c1-17-15-30(16-18(2)35-17)36(33,34)22-12-13-24(27)23(14-22)26(32)29-21-10-8-20(9-11-21)28-25(31)19-6-4-3-5-7-19/h3-14,17-18H,15-16H2,1-2H3,(H,28,31)(H,29,32). The number of carbonyl (C=O) groups excluding carboxylic acids is 2. The minimum atomic E-state index is -3.84. The SMILES string of the molecule is CC1CN(S(=O)(=O)c2ccc(Cl)c(C(=O)Nc3ccc(NC(=O)c4ccccc4)cc3)c2)CC(C)O1. The van der Waals surface area contributed by atoms with Crippen LogP contribution in [-0.4, -0.2) is 49.8 Å². The maximum Gasteiger partial charge on any atom is 0.257 e. The van der Waals surface area contributed by atoms with E-state index in [0.29, 0.717) is 16.9 Å². The zero-order chi connectivity index (χ0) is 25.9. The molecule has 1 fully saturated rings. The van der Waals surface area contributed by atoms with Crippen LogP contribution >= 0.6 is 11.6 Å². The third kappa shape index (κ3) is 5.93. The Morgan fingerprint density at radius 2 is 1.42 bits per heavy atom.